The largest absolute Gasteiger partial charge is 0.508 e. The standard InChI is InChI=1S/C43H49N7O9/c1-44-40(54)34(24-37-45-18-19-46-37)50-41(55)33(20-25-8-4-2-5-9-25)49-38(53)10-6-3-7-17-47-43(58)48-26-11-14-29(32(21-26)42(56)57)39-30-15-12-27(51)22-35(30)59-36-23-28(52)13-16-31(36)39/h2,4-5,8-9,11-16,18-19,21-23,33-34,38,40-41,44,49-51,53-55H,3,6-7,10,17,20,24H2,1H3,(H,45,46)(H,56,57)(H2,47,48,58)/t33-,34-,38-,40-,41+/m0/s1. The molecule has 0 fully saturated rings. The molecule has 5 atom stereocenters. The molecule has 16 heteroatoms. The van der Waals surface area contributed by atoms with Gasteiger partial charge in [-0.15, -0.1) is 0 Å². The van der Waals surface area contributed by atoms with E-state index >= 15 is 0 Å². The summed E-state index contributed by atoms with van der Waals surface area (Å²) >= 11 is 0. The molecule has 2 aliphatic rings. The van der Waals surface area contributed by atoms with Crippen LogP contribution in [0.3, 0.4) is 0 Å². The van der Waals surface area contributed by atoms with Crippen molar-refractivity contribution < 1.29 is 39.5 Å². The molecule has 6 rings (SSSR count). The summed E-state index contributed by atoms with van der Waals surface area (Å²) in [5.41, 5.74) is 2.40. The van der Waals surface area contributed by atoms with E-state index in [1.165, 1.54) is 30.3 Å². The first-order chi connectivity index (χ1) is 28.5. The molecular formula is C43H49N7O9. The van der Waals surface area contributed by atoms with E-state index in [4.69, 9.17) is 4.42 Å². The summed E-state index contributed by atoms with van der Waals surface area (Å²) in [7, 11) is 1.61. The lowest BCUT2D eigenvalue weighted by molar-refractivity contribution is 0.0127. The minimum Gasteiger partial charge on any atom is -0.508 e. The van der Waals surface area contributed by atoms with Crippen molar-refractivity contribution >= 4 is 28.7 Å². The van der Waals surface area contributed by atoms with Gasteiger partial charge < -0.3 is 45.6 Å². The third kappa shape index (κ3) is 11.3. The average molecular weight is 808 g/mol. The zero-order chi connectivity index (χ0) is 41.9. The second kappa shape index (κ2) is 20.0. The number of aromatic amines is 1. The number of carbonyl (C=O) groups excluding carboxylic acids is 1. The van der Waals surface area contributed by atoms with Gasteiger partial charge in [0.1, 0.15) is 41.6 Å². The molecule has 59 heavy (non-hydrogen) atoms. The third-order valence-electron chi connectivity index (χ3n) is 10.0. The van der Waals surface area contributed by atoms with Crippen LogP contribution in [0.15, 0.2) is 107 Å². The van der Waals surface area contributed by atoms with Gasteiger partial charge in [0.2, 0.25) is 0 Å². The van der Waals surface area contributed by atoms with Crippen LogP contribution in [-0.2, 0) is 12.8 Å². The van der Waals surface area contributed by atoms with Crippen LogP contribution >= 0.6 is 0 Å². The number of phenolic OH excluding ortho intramolecular Hbond substituents is 1. The van der Waals surface area contributed by atoms with Crippen LogP contribution < -0.4 is 32.0 Å². The Kier molecular flexibility index (Phi) is 14.4. The Morgan fingerprint density at radius 2 is 1.63 bits per heavy atom. The van der Waals surface area contributed by atoms with E-state index in [0.29, 0.717) is 73.0 Å². The number of aromatic carboxylic acids is 1. The predicted octanol–water partition coefficient (Wildman–Crippen LogP) is 3.95. The monoisotopic (exact) mass is 807 g/mol. The number of unbranched alkanes of at least 4 members (excludes halogenated alkanes) is 2. The van der Waals surface area contributed by atoms with Gasteiger partial charge in [-0.1, -0.05) is 42.8 Å². The van der Waals surface area contributed by atoms with E-state index < -0.39 is 42.8 Å². The molecule has 11 N–H and O–H groups in total. The number of aromatic nitrogens is 2. The molecule has 0 saturated heterocycles. The highest BCUT2D eigenvalue weighted by Crippen LogP contribution is 2.42. The lowest BCUT2D eigenvalue weighted by atomic mass is 9.90. The molecule has 1 aliphatic carbocycles. The van der Waals surface area contributed by atoms with E-state index in [9.17, 15) is 39.9 Å². The normalized spacial score (nSPS) is 14.1. The first kappa shape index (κ1) is 42.5. The van der Waals surface area contributed by atoms with Gasteiger partial charge in [-0.2, -0.15) is 0 Å². The number of aliphatic hydroxyl groups excluding tert-OH is 3. The maximum absolute atomic E-state index is 12.8. The highest BCUT2D eigenvalue weighted by atomic mass is 16.4. The molecule has 0 radical (unpaired) electrons. The molecule has 2 amide bonds. The second-order valence-electron chi connectivity index (χ2n) is 14.3. The first-order valence-electron chi connectivity index (χ1n) is 19.4. The quantitative estimate of drug-likeness (QED) is 0.0297. The van der Waals surface area contributed by atoms with Gasteiger partial charge in [-0.05, 0) is 80.3 Å². The molecule has 2 heterocycles. The summed E-state index contributed by atoms with van der Waals surface area (Å²) < 4.78 is 5.89. The van der Waals surface area contributed by atoms with Crippen molar-refractivity contribution in [3.05, 3.63) is 124 Å². The van der Waals surface area contributed by atoms with Crippen LogP contribution in [0.1, 0.15) is 47.4 Å². The number of rotatable bonds is 20. The number of hydrogen-bond donors (Lipinski definition) is 11. The van der Waals surface area contributed by atoms with Crippen LogP contribution in [-0.4, -0.2) is 91.9 Å². The molecule has 0 saturated carbocycles. The Labute approximate surface area is 339 Å². The van der Waals surface area contributed by atoms with Crippen molar-refractivity contribution in [3.8, 4) is 28.2 Å². The van der Waals surface area contributed by atoms with Crippen LogP contribution in [0.5, 0.6) is 5.75 Å². The second-order valence-corrected chi connectivity index (χ2v) is 14.3. The van der Waals surface area contributed by atoms with Crippen molar-refractivity contribution in [1.29, 1.82) is 0 Å². The topological polar surface area (TPSA) is 254 Å². The molecule has 0 spiro atoms. The highest BCUT2D eigenvalue weighted by molar-refractivity contribution is 6.08. The number of carboxylic acids is 1. The third-order valence-corrected chi connectivity index (χ3v) is 10.0. The van der Waals surface area contributed by atoms with Gasteiger partial charge >= 0.3 is 12.0 Å². The summed E-state index contributed by atoms with van der Waals surface area (Å²) in [6, 6.07) is 21.0. The molecule has 1 aromatic heterocycles. The number of fused-ring (bicyclic) bond motifs is 2. The summed E-state index contributed by atoms with van der Waals surface area (Å²) in [5.74, 6) is -0.430. The molecule has 0 unspecified atom stereocenters. The molecule has 16 nitrogen and oxygen atoms in total. The van der Waals surface area contributed by atoms with E-state index in [2.05, 4.69) is 36.6 Å². The fourth-order valence-corrected chi connectivity index (χ4v) is 7.06. The number of benzene rings is 4. The number of imidazole rings is 1. The number of likely N-dealkylation sites (N-methyl/N-ethyl adjacent to an activating group) is 1. The number of aromatic hydroxyl groups is 1. The Morgan fingerprint density at radius 3 is 2.37 bits per heavy atom. The molecule has 4 aromatic rings. The van der Waals surface area contributed by atoms with Crippen LogP contribution in [0.4, 0.5) is 10.5 Å². The minimum atomic E-state index is -1.24. The van der Waals surface area contributed by atoms with Gasteiger partial charge in [0, 0.05) is 59.7 Å². The number of H-pyrrole nitrogens is 1. The van der Waals surface area contributed by atoms with Gasteiger partial charge in [-0.3, -0.25) is 20.7 Å². The lowest BCUT2D eigenvalue weighted by Gasteiger charge is -2.32. The number of nitrogens with one attached hydrogen (secondary N) is 6. The van der Waals surface area contributed by atoms with Gasteiger partial charge in [0.25, 0.3) is 0 Å². The van der Waals surface area contributed by atoms with E-state index in [0.717, 1.165) is 5.56 Å². The van der Waals surface area contributed by atoms with Crippen LogP contribution in [0.2, 0.25) is 0 Å². The van der Waals surface area contributed by atoms with E-state index in [1.807, 2.05) is 30.3 Å². The number of anilines is 1. The molecule has 3 aromatic carbocycles. The Balaban J connectivity index is 1.01. The molecular weight excluding hydrogens is 759 g/mol. The number of aliphatic hydroxyl groups is 3. The number of carboxylic acid groups (broad SMARTS) is 1. The SMILES string of the molecule is CN[C@@H](O)[C@H](Cc1ncc[nH]1)N[C@H](O)[C@H](Cc1ccccc1)N[C@@H](O)CCCCCNC(=O)Nc1ccc(-c2c3ccc(=O)cc-3oc3cc(O)ccc23)c(C(=O)O)c1. The predicted molar refractivity (Wildman–Crippen MR) is 222 cm³/mol. The first-order valence-corrected chi connectivity index (χ1v) is 19.4. The van der Waals surface area contributed by atoms with Gasteiger partial charge in [-0.25, -0.2) is 14.6 Å². The zero-order valence-corrected chi connectivity index (χ0v) is 32.4. The van der Waals surface area contributed by atoms with Crippen molar-refractivity contribution in [2.75, 3.05) is 18.9 Å². The van der Waals surface area contributed by atoms with Gasteiger partial charge in [0.05, 0.1) is 17.6 Å². The van der Waals surface area contributed by atoms with E-state index in [-0.39, 0.29) is 33.8 Å². The summed E-state index contributed by atoms with van der Waals surface area (Å²) in [6.45, 7) is 0.323. The molecule has 1 aliphatic heterocycles. The smallest absolute Gasteiger partial charge is 0.336 e. The molecule has 0 bridgehead atoms. The summed E-state index contributed by atoms with van der Waals surface area (Å²) in [4.78, 5) is 44.7. The van der Waals surface area contributed by atoms with Crippen molar-refractivity contribution in [2.45, 2.75) is 69.3 Å². The van der Waals surface area contributed by atoms with Crippen molar-refractivity contribution in [1.82, 2.24) is 31.2 Å². The highest BCUT2D eigenvalue weighted by Gasteiger charge is 2.28. The molecule has 310 valence electrons. The van der Waals surface area contributed by atoms with E-state index in [1.54, 1.807) is 43.7 Å². The fourth-order valence-electron chi connectivity index (χ4n) is 7.06. The number of phenols is 1. The Bertz CT molecular complexity index is 2340. The summed E-state index contributed by atoms with van der Waals surface area (Å²) in [5, 5.41) is 68.2. The minimum absolute atomic E-state index is 0.0598. The Hall–Kier alpha value is -6.14. The lowest BCUT2D eigenvalue weighted by Crippen LogP contribution is -2.59. The number of nitrogens with zero attached hydrogens (tertiary/aromatic N) is 1. The van der Waals surface area contributed by atoms with Crippen molar-refractivity contribution in [3.63, 3.8) is 0 Å². The number of amides is 2. The maximum Gasteiger partial charge on any atom is 0.336 e. The Morgan fingerprint density at radius 1 is 0.847 bits per heavy atom. The number of urea groups is 1. The van der Waals surface area contributed by atoms with Crippen LogP contribution in [0.25, 0.3) is 33.4 Å². The average Bonchev–Trinajstić information content (AvgIpc) is 3.74. The summed E-state index contributed by atoms with van der Waals surface area (Å²) in [6.07, 6.45) is 3.22. The van der Waals surface area contributed by atoms with Gasteiger partial charge in [0.15, 0.2) is 5.43 Å². The fraction of sp³-hybridized carbons (Fsp3) is 0.302. The number of carbonyl (C=O) groups is 2. The van der Waals surface area contributed by atoms with Crippen LogP contribution in [0, 0.1) is 0 Å². The maximum atomic E-state index is 12.8. The number of hydrogen-bond acceptors (Lipinski definition) is 12. The van der Waals surface area contributed by atoms with Crippen molar-refractivity contribution in [2.24, 2.45) is 0 Å². The zero-order valence-electron chi connectivity index (χ0n) is 32.4.